The molecule has 1 atom stereocenters. The molecule has 1 radical (unpaired) electrons. The normalized spacial score (nSPS) is 10.6. The third kappa shape index (κ3) is 3.32. The van der Waals surface area contributed by atoms with E-state index < -0.39 is 0 Å². The Labute approximate surface area is 51.3 Å². The van der Waals surface area contributed by atoms with Gasteiger partial charge in [-0.1, -0.05) is 18.8 Å². The third-order valence-electron chi connectivity index (χ3n) is 0.799. The van der Waals surface area contributed by atoms with Crippen LogP contribution in [-0.4, -0.2) is 0 Å². The van der Waals surface area contributed by atoms with Crippen LogP contribution in [0.2, 0.25) is 0 Å². The van der Waals surface area contributed by atoms with Crippen LogP contribution in [0, 0.1) is 30.1 Å². The second-order valence-electron chi connectivity index (χ2n) is 1.68. The highest BCUT2D eigenvalue weighted by Crippen LogP contribution is 1.95. The molecule has 0 aromatic heterocycles. The second-order valence-corrected chi connectivity index (χ2v) is 1.68. The van der Waals surface area contributed by atoms with E-state index in [9.17, 15) is 0 Å². The lowest BCUT2D eigenvalue weighted by atomic mass is 10.1. The van der Waals surface area contributed by atoms with Gasteiger partial charge in [0, 0.05) is 12.3 Å². The summed E-state index contributed by atoms with van der Waals surface area (Å²) in [4.78, 5) is 0. The lowest BCUT2D eigenvalue weighted by Crippen LogP contribution is -1.84. The highest BCUT2D eigenvalue weighted by atomic mass is 13.9. The molecule has 0 aromatic rings. The van der Waals surface area contributed by atoms with Crippen molar-refractivity contribution in [3.05, 3.63) is 6.42 Å². The smallest absolute Gasteiger partial charge is 0.0284 e. The number of hydrogen-bond acceptors (Lipinski definition) is 0. The average Bonchev–Trinajstić information content (AvgIpc) is 1.68. The van der Waals surface area contributed by atoms with Crippen molar-refractivity contribution >= 4 is 0 Å². The van der Waals surface area contributed by atoms with Crippen LogP contribution in [-0.2, 0) is 0 Å². The first kappa shape index (κ1) is 7.12. The van der Waals surface area contributed by atoms with Crippen molar-refractivity contribution in [3.63, 3.8) is 0 Å². The van der Waals surface area contributed by atoms with Gasteiger partial charge in [0.15, 0.2) is 0 Å². The summed E-state index contributed by atoms with van der Waals surface area (Å²) in [6, 6.07) is 0. The van der Waals surface area contributed by atoms with Crippen molar-refractivity contribution in [2.75, 3.05) is 0 Å². The van der Waals surface area contributed by atoms with E-state index in [1.807, 2.05) is 6.92 Å². The molecule has 0 nitrogen and oxygen atoms in total. The van der Waals surface area contributed by atoms with Gasteiger partial charge in [0.1, 0.15) is 0 Å². The molecule has 0 saturated carbocycles. The molecular weight excluding hydrogens is 96.1 g/mol. The SMILES string of the molecule is [C]#CCC(C)C#CC. The Morgan fingerprint density at radius 2 is 2.25 bits per heavy atom. The zero-order valence-electron chi connectivity index (χ0n) is 5.28. The molecule has 1 unspecified atom stereocenters. The summed E-state index contributed by atoms with van der Waals surface area (Å²) in [6.07, 6.45) is 7.25. The zero-order valence-corrected chi connectivity index (χ0v) is 5.28. The van der Waals surface area contributed by atoms with Crippen LogP contribution in [0.5, 0.6) is 0 Å². The first-order chi connectivity index (χ1) is 3.81. The van der Waals surface area contributed by atoms with Crippen molar-refractivity contribution < 1.29 is 0 Å². The summed E-state index contributed by atoms with van der Waals surface area (Å²) < 4.78 is 0. The Balaban J connectivity index is 3.47. The van der Waals surface area contributed by atoms with Gasteiger partial charge in [-0.25, -0.2) is 0 Å². The molecule has 0 heteroatoms. The molecule has 0 bridgehead atoms. The summed E-state index contributed by atoms with van der Waals surface area (Å²) >= 11 is 0. The van der Waals surface area contributed by atoms with Crippen molar-refractivity contribution in [2.45, 2.75) is 20.3 Å². The molecule has 8 heavy (non-hydrogen) atoms. The largest absolute Gasteiger partial charge is 0.106 e. The second kappa shape index (κ2) is 4.28. The van der Waals surface area contributed by atoms with Crippen LogP contribution < -0.4 is 0 Å². The van der Waals surface area contributed by atoms with Gasteiger partial charge < -0.3 is 0 Å². The summed E-state index contributed by atoms with van der Waals surface area (Å²) in [5.74, 6) is 8.30. The quantitative estimate of drug-likeness (QED) is 0.444. The van der Waals surface area contributed by atoms with E-state index in [4.69, 9.17) is 6.42 Å². The molecule has 0 aliphatic carbocycles. The van der Waals surface area contributed by atoms with Crippen LogP contribution in [0.15, 0.2) is 0 Å². The van der Waals surface area contributed by atoms with Gasteiger partial charge in [0.25, 0.3) is 0 Å². The lowest BCUT2D eigenvalue weighted by molar-refractivity contribution is 0.788. The standard InChI is InChI=1S/C8H9/c1-4-6-8(3)7-5-2/h8H,7H2,1,3H3. The molecule has 0 aromatic carbocycles. The average molecular weight is 105 g/mol. The fourth-order valence-electron chi connectivity index (χ4n) is 0.451. The molecule has 0 aliphatic rings. The molecule has 0 heterocycles. The Hall–Kier alpha value is -0.880. The minimum Gasteiger partial charge on any atom is -0.106 e. The molecule has 0 rings (SSSR count). The molecule has 0 N–H and O–H groups in total. The fourth-order valence-corrected chi connectivity index (χ4v) is 0.451. The summed E-state index contributed by atoms with van der Waals surface area (Å²) in [5, 5.41) is 0. The molecule has 0 amide bonds. The first-order valence-corrected chi connectivity index (χ1v) is 2.63. The van der Waals surface area contributed by atoms with Crippen LogP contribution in [0.3, 0.4) is 0 Å². The first-order valence-electron chi connectivity index (χ1n) is 2.63. The van der Waals surface area contributed by atoms with Gasteiger partial charge in [-0.15, -0.1) is 5.92 Å². The van der Waals surface area contributed by atoms with Gasteiger partial charge in [0.05, 0.1) is 0 Å². The number of hydrogen-bond donors (Lipinski definition) is 0. The van der Waals surface area contributed by atoms with E-state index in [0.717, 1.165) is 0 Å². The molecule has 41 valence electrons. The predicted octanol–water partition coefficient (Wildman–Crippen LogP) is 1.63. The van der Waals surface area contributed by atoms with E-state index in [1.54, 1.807) is 6.92 Å². The molecular formula is C8H9. The van der Waals surface area contributed by atoms with Gasteiger partial charge in [-0.3, -0.25) is 0 Å². The predicted molar refractivity (Wildman–Crippen MR) is 34.4 cm³/mol. The molecule has 0 aliphatic heterocycles. The zero-order chi connectivity index (χ0) is 6.41. The van der Waals surface area contributed by atoms with Gasteiger partial charge in [-0.05, 0) is 13.3 Å². The minimum absolute atomic E-state index is 0.303. The van der Waals surface area contributed by atoms with Gasteiger partial charge in [-0.2, -0.15) is 0 Å². The van der Waals surface area contributed by atoms with Crippen LogP contribution in [0.4, 0.5) is 0 Å². The topological polar surface area (TPSA) is 0 Å². The Morgan fingerprint density at radius 1 is 1.62 bits per heavy atom. The van der Waals surface area contributed by atoms with E-state index in [0.29, 0.717) is 12.3 Å². The maximum absolute atomic E-state index is 6.59. The van der Waals surface area contributed by atoms with Gasteiger partial charge in [0.2, 0.25) is 0 Å². The van der Waals surface area contributed by atoms with Crippen molar-refractivity contribution in [1.29, 1.82) is 0 Å². The monoisotopic (exact) mass is 105 g/mol. The Morgan fingerprint density at radius 3 is 2.62 bits per heavy atom. The van der Waals surface area contributed by atoms with E-state index in [-0.39, 0.29) is 0 Å². The Kier molecular flexibility index (Phi) is 3.81. The summed E-state index contributed by atoms with van der Waals surface area (Å²) in [5.41, 5.74) is 0. The molecule has 0 saturated heterocycles. The van der Waals surface area contributed by atoms with E-state index >= 15 is 0 Å². The number of rotatable bonds is 1. The van der Waals surface area contributed by atoms with Crippen molar-refractivity contribution in [1.82, 2.24) is 0 Å². The highest BCUT2D eigenvalue weighted by molar-refractivity contribution is 5.02. The molecule has 0 spiro atoms. The molecule has 0 fully saturated rings. The van der Waals surface area contributed by atoms with E-state index in [1.165, 1.54) is 0 Å². The maximum atomic E-state index is 6.59. The van der Waals surface area contributed by atoms with Crippen LogP contribution in [0.25, 0.3) is 0 Å². The van der Waals surface area contributed by atoms with Crippen LogP contribution in [0.1, 0.15) is 20.3 Å². The Bertz CT molecular complexity index is 138. The lowest BCUT2D eigenvalue weighted by Gasteiger charge is -1.91. The fraction of sp³-hybridized carbons (Fsp3) is 0.500. The van der Waals surface area contributed by atoms with Crippen molar-refractivity contribution in [3.8, 4) is 17.8 Å². The van der Waals surface area contributed by atoms with Crippen LogP contribution >= 0.6 is 0 Å². The van der Waals surface area contributed by atoms with E-state index in [2.05, 4.69) is 17.8 Å². The van der Waals surface area contributed by atoms with Gasteiger partial charge >= 0.3 is 0 Å². The summed E-state index contributed by atoms with van der Waals surface area (Å²) in [6.45, 7) is 3.79. The maximum Gasteiger partial charge on any atom is 0.0284 e. The summed E-state index contributed by atoms with van der Waals surface area (Å²) in [7, 11) is 0. The van der Waals surface area contributed by atoms with Crippen molar-refractivity contribution in [2.24, 2.45) is 5.92 Å². The third-order valence-corrected chi connectivity index (χ3v) is 0.799. The highest BCUT2D eigenvalue weighted by Gasteiger charge is 1.89. The minimum atomic E-state index is 0.303.